The third-order valence-corrected chi connectivity index (χ3v) is 4.54. The minimum absolute atomic E-state index is 0.276. The van der Waals surface area contributed by atoms with Gasteiger partial charge in [0.2, 0.25) is 5.91 Å². The number of carbonyl (C=O) groups is 1. The van der Waals surface area contributed by atoms with Gasteiger partial charge in [-0.05, 0) is 30.0 Å². The third-order valence-electron chi connectivity index (χ3n) is 4.54. The van der Waals surface area contributed by atoms with Gasteiger partial charge in [0.05, 0.1) is 0 Å². The van der Waals surface area contributed by atoms with Crippen molar-refractivity contribution in [2.45, 2.75) is 45.1 Å². The summed E-state index contributed by atoms with van der Waals surface area (Å²) in [5.41, 5.74) is 2.38. The summed E-state index contributed by atoms with van der Waals surface area (Å²) in [7, 11) is 5.98. The van der Waals surface area contributed by atoms with Gasteiger partial charge < -0.3 is 9.80 Å². The molecular formula is C18H28N2O. The van der Waals surface area contributed by atoms with Crippen LogP contribution in [-0.4, -0.2) is 32.0 Å². The molecule has 0 bridgehead atoms. The van der Waals surface area contributed by atoms with Crippen LogP contribution in [0.1, 0.15) is 44.1 Å². The minimum atomic E-state index is 0.276. The fourth-order valence-corrected chi connectivity index (χ4v) is 3.08. The lowest BCUT2D eigenvalue weighted by Gasteiger charge is -2.19. The Morgan fingerprint density at radius 3 is 2.29 bits per heavy atom. The van der Waals surface area contributed by atoms with Gasteiger partial charge in [0.25, 0.3) is 0 Å². The molecule has 1 aromatic rings. The normalized spacial score (nSPS) is 15.2. The van der Waals surface area contributed by atoms with Crippen LogP contribution in [0.25, 0.3) is 0 Å². The number of benzene rings is 1. The molecule has 3 nitrogen and oxygen atoms in total. The molecule has 0 heterocycles. The van der Waals surface area contributed by atoms with Gasteiger partial charge in [-0.1, -0.05) is 37.8 Å². The number of hydrogen-bond donors (Lipinski definition) is 0. The Labute approximate surface area is 128 Å². The standard InChI is InChI=1S/C18H28N2O/c1-19(2)17-11-8-16(9-12-17)14-20(3)18(21)13-10-15-6-4-5-7-15/h8-9,11-12,15H,4-7,10,13-14H2,1-3H3. The lowest BCUT2D eigenvalue weighted by Crippen LogP contribution is -2.26. The molecule has 0 atom stereocenters. The first-order valence-corrected chi connectivity index (χ1v) is 8.06. The molecule has 0 saturated heterocycles. The van der Waals surface area contributed by atoms with Crippen LogP contribution in [0.5, 0.6) is 0 Å². The largest absolute Gasteiger partial charge is 0.378 e. The highest BCUT2D eigenvalue weighted by Gasteiger charge is 2.17. The number of carbonyl (C=O) groups excluding carboxylic acids is 1. The Bertz CT molecular complexity index is 447. The molecule has 0 radical (unpaired) electrons. The van der Waals surface area contributed by atoms with E-state index in [1.54, 1.807) is 0 Å². The fourth-order valence-electron chi connectivity index (χ4n) is 3.08. The first-order valence-electron chi connectivity index (χ1n) is 8.06. The second kappa shape index (κ2) is 7.48. The molecule has 1 aromatic carbocycles. The van der Waals surface area contributed by atoms with Gasteiger partial charge >= 0.3 is 0 Å². The molecule has 0 aliphatic heterocycles. The summed E-state index contributed by atoms with van der Waals surface area (Å²) < 4.78 is 0. The highest BCUT2D eigenvalue weighted by atomic mass is 16.2. The molecule has 1 aliphatic rings. The maximum atomic E-state index is 12.2. The molecule has 3 heteroatoms. The van der Waals surface area contributed by atoms with Crippen molar-refractivity contribution in [3.8, 4) is 0 Å². The summed E-state index contributed by atoms with van der Waals surface area (Å²) in [6, 6.07) is 8.42. The number of hydrogen-bond acceptors (Lipinski definition) is 2. The van der Waals surface area contributed by atoms with Crippen molar-refractivity contribution in [1.82, 2.24) is 4.90 Å². The minimum Gasteiger partial charge on any atom is -0.378 e. The van der Waals surface area contributed by atoms with E-state index >= 15 is 0 Å². The number of nitrogens with zero attached hydrogens (tertiary/aromatic N) is 2. The smallest absolute Gasteiger partial charge is 0.222 e. The quantitative estimate of drug-likeness (QED) is 0.797. The van der Waals surface area contributed by atoms with Gasteiger partial charge in [-0.3, -0.25) is 4.79 Å². The van der Waals surface area contributed by atoms with Crippen LogP contribution in [0.3, 0.4) is 0 Å². The van der Waals surface area contributed by atoms with Crippen molar-refractivity contribution in [2.24, 2.45) is 5.92 Å². The van der Waals surface area contributed by atoms with E-state index in [0.29, 0.717) is 13.0 Å². The summed E-state index contributed by atoms with van der Waals surface area (Å²) in [5, 5.41) is 0. The summed E-state index contributed by atoms with van der Waals surface area (Å²) in [6.07, 6.45) is 7.13. The predicted molar refractivity (Wildman–Crippen MR) is 88.4 cm³/mol. The molecule has 1 fully saturated rings. The molecule has 0 spiro atoms. The van der Waals surface area contributed by atoms with Crippen molar-refractivity contribution in [3.05, 3.63) is 29.8 Å². The summed E-state index contributed by atoms with van der Waals surface area (Å²) in [5.74, 6) is 1.07. The van der Waals surface area contributed by atoms with Gasteiger partial charge in [-0.15, -0.1) is 0 Å². The highest BCUT2D eigenvalue weighted by molar-refractivity contribution is 5.75. The van der Waals surface area contributed by atoms with E-state index in [2.05, 4.69) is 29.2 Å². The second-order valence-corrected chi connectivity index (χ2v) is 6.50. The van der Waals surface area contributed by atoms with E-state index in [-0.39, 0.29) is 5.91 Å². The molecule has 0 N–H and O–H groups in total. The zero-order chi connectivity index (χ0) is 15.2. The van der Waals surface area contributed by atoms with Crippen molar-refractivity contribution < 1.29 is 4.79 Å². The van der Waals surface area contributed by atoms with Crippen LogP contribution in [0, 0.1) is 5.92 Å². The zero-order valence-corrected chi connectivity index (χ0v) is 13.6. The predicted octanol–water partition coefficient (Wildman–Crippen LogP) is 3.68. The molecule has 116 valence electrons. The Kier molecular flexibility index (Phi) is 5.66. The lowest BCUT2D eigenvalue weighted by atomic mass is 10.0. The summed E-state index contributed by atoms with van der Waals surface area (Å²) in [4.78, 5) is 16.1. The van der Waals surface area contributed by atoms with E-state index in [1.165, 1.54) is 36.9 Å². The molecule has 21 heavy (non-hydrogen) atoms. The summed E-state index contributed by atoms with van der Waals surface area (Å²) in [6.45, 7) is 0.706. The van der Waals surface area contributed by atoms with Crippen LogP contribution < -0.4 is 4.90 Å². The molecule has 1 amide bonds. The van der Waals surface area contributed by atoms with Gasteiger partial charge in [0, 0.05) is 39.8 Å². The van der Waals surface area contributed by atoms with Crippen molar-refractivity contribution in [2.75, 3.05) is 26.0 Å². The Balaban J connectivity index is 1.79. The average Bonchev–Trinajstić information content (AvgIpc) is 2.98. The monoisotopic (exact) mass is 288 g/mol. The first-order chi connectivity index (χ1) is 10.1. The van der Waals surface area contributed by atoms with Crippen molar-refractivity contribution >= 4 is 11.6 Å². The van der Waals surface area contributed by atoms with E-state index < -0.39 is 0 Å². The SMILES string of the molecule is CN(Cc1ccc(N(C)C)cc1)C(=O)CCC1CCCC1. The number of anilines is 1. The van der Waals surface area contributed by atoms with Gasteiger partial charge in [0.15, 0.2) is 0 Å². The Morgan fingerprint density at radius 1 is 1.10 bits per heavy atom. The number of amides is 1. The second-order valence-electron chi connectivity index (χ2n) is 6.50. The van der Waals surface area contributed by atoms with Crippen molar-refractivity contribution in [3.63, 3.8) is 0 Å². The van der Waals surface area contributed by atoms with Crippen LogP contribution in [0.4, 0.5) is 5.69 Å². The molecular weight excluding hydrogens is 260 g/mol. The van der Waals surface area contributed by atoms with Crippen LogP contribution in [-0.2, 0) is 11.3 Å². The molecule has 1 saturated carbocycles. The van der Waals surface area contributed by atoms with E-state index in [9.17, 15) is 4.79 Å². The van der Waals surface area contributed by atoms with Crippen molar-refractivity contribution in [1.29, 1.82) is 0 Å². The van der Waals surface area contributed by atoms with Crippen LogP contribution in [0.15, 0.2) is 24.3 Å². The molecule has 0 aromatic heterocycles. The first kappa shape index (κ1) is 15.9. The topological polar surface area (TPSA) is 23.6 Å². The van der Waals surface area contributed by atoms with Crippen LogP contribution in [0.2, 0.25) is 0 Å². The maximum Gasteiger partial charge on any atom is 0.222 e. The lowest BCUT2D eigenvalue weighted by molar-refractivity contribution is -0.130. The van der Waals surface area contributed by atoms with E-state index in [1.807, 2.05) is 26.0 Å². The average molecular weight is 288 g/mol. The molecule has 1 aliphatic carbocycles. The van der Waals surface area contributed by atoms with Gasteiger partial charge in [-0.25, -0.2) is 0 Å². The Hall–Kier alpha value is -1.51. The van der Waals surface area contributed by atoms with Gasteiger partial charge in [0.1, 0.15) is 0 Å². The summed E-state index contributed by atoms with van der Waals surface area (Å²) >= 11 is 0. The van der Waals surface area contributed by atoms with Crippen LogP contribution >= 0.6 is 0 Å². The molecule has 0 unspecified atom stereocenters. The van der Waals surface area contributed by atoms with Gasteiger partial charge in [-0.2, -0.15) is 0 Å². The molecule has 2 rings (SSSR count). The Morgan fingerprint density at radius 2 is 1.71 bits per heavy atom. The third kappa shape index (κ3) is 4.76. The zero-order valence-electron chi connectivity index (χ0n) is 13.6. The number of rotatable bonds is 6. The highest BCUT2D eigenvalue weighted by Crippen LogP contribution is 2.28. The fraction of sp³-hybridized carbons (Fsp3) is 0.611. The maximum absolute atomic E-state index is 12.2. The van der Waals surface area contributed by atoms with E-state index in [4.69, 9.17) is 0 Å². The van der Waals surface area contributed by atoms with E-state index in [0.717, 1.165) is 12.3 Å².